The van der Waals surface area contributed by atoms with Crippen LogP contribution < -0.4 is 14.2 Å². The number of benzene rings is 2. The number of halogens is 1. The Hall–Kier alpha value is -4.24. The van der Waals surface area contributed by atoms with Gasteiger partial charge in [0.05, 0.1) is 26.3 Å². The van der Waals surface area contributed by atoms with E-state index >= 15 is 0 Å². The van der Waals surface area contributed by atoms with Gasteiger partial charge in [0.15, 0.2) is 23.1 Å². The number of methoxy groups -OCH3 is 2. The molecule has 0 saturated heterocycles. The number of fused-ring (bicyclic) bond motifs is 1. The van der Waals surface area contributed by atoms with E-state index in [1.165, 1.54) is 20.3 Å². The van der Waals surface area contributed by atoms with Crippen molar-refractivity contribution >= 4 is 22.5 Å². The molecule has 0 aliphatic carbocycles. The molecule has 0 amide bonds. The molecule has 4 aromatic rings. The Labute approximate surface area is 213 Å². The van der Waals surface area contributed by atoms with Crippen molar-refractivity contribution in [1.29, 1.82) is 0 Å². The average Bonchev–Trinajstić information content (AvgIpc) is 3.26. The Morgan fingerprint density at radius 3 is 2.43 bits per heavy atom. The molecule has 2 aromatic heterocycles. The third kappa shape index (κ3) is 5.31. The SMILES string of the molecule is COc1cc(C(=O)CCC(=O)c2ccc(OC)c(-c3c(C)[nH]c4c(F)cccc34)n2)ccc1OCCO. The first-order valence-corrected chi connectivity index (χ1v) is 11.7. The molecule has 0 atom stereocenters. The summed E-state index contributed by atoms with van der Waals surface area (Å²) in [5.41, 5.74) is 2.65. The quantitative estimate of drug-likeness (QED) is 0.278. The van der Waals surface area contributed by atoms with Crippen LogP contribution in [-0.4, -0.2) is 54.1 Å². The molecule has 2 N–H and O–H groups in total. The highest BCUT2D eigenvalue weighted by molar-refractivity contribution is 6.03. The van der Waals surface area contributed by atoms with E-state index in [0.717, 1.165) is 0 Å². The number of carbonyl (C=O) groups excluding carboxylic acids is 2. The van der Waals surface area contributed by atoms with Crippen molar-refractivity contribution in [2.75, 3.05) is 27.4 Å². The number of nitrogens with one attached hydrogen (secondary N) is 1. The van der Waals surface area contributed by atoms with Crippen LogP contribution in [-0.2, 0) is 0 Å². The van der Waals surface area contributed by atoms with Crippen molar-refractivity contribution in [2.45, 2.75) is 19.8 Å². The fraction of sp³-hybridized carbons (Fsp3) is 0.250. The molecule has 8 nitrogen and oxygen atoms in total. The molecule has 9 heteroatoms. The molecular formula is C28H27FN2O6. The van der Waals surface area contributed by atoms with Crippen molar-refractivity contribution in [1.82, 2.24) is 9.97 Å². The standard InChI is InChI=1S/C28H27FN2O6/c1-16-26(18-5-4-6-19(29)27(18)30-16)28-24(35-2)12-8-20(31-28)22(34)10-9-21(33)17-7-11-23(37-14-13-32)25(15-17)36-3/h4-8,11-12,15,30,32H,9-10,13-14H2,1-3H3. The predicted molar refractivity (Wildman–Crippen MR) is 136 cm³/mol. The molecule has 0 unspecified atom stereocenters. The van der Waals surface area contributed by atoms with Crippen molar-refractivity contribution in [3.05, 3.63) is 71.3 Å². The maximum absolute atomic E-state index is 14.3. The number of aryl methyl sites for hydroxylation is 1. The Kier molecular flexibility index (Phi) is 7.83. The number of Topliss-reactive ketones (excluding diaryl/α,β-unsaturated/α-hetero) is 2. The van der Waals surface area contributed by atoms with Crippen LogP contribution in [0.5, 0.6) is 17.2 Å². The minimum atomic E-state index is -0.388. The summed E-state index contributed by atoms with van der Waals surface area (Å²) >= 11 is 0. The molecule has 0 saturated carbocycles. The largest absolute Gasteiger partial charge is 0.494 e. The van der Waals surface area contributed by atoms with Gasteiger partial charge in [-0.05, 0) is 43.3 Å². The number of pyridine rings is 1. The van der Waals surface area contributed by atoms with E-state index in [-0.39, 0.29) is 49.1 Å². The first-order valence-electron chi connectivity index (χ1n) is 11.7. The topological polar surface area (TPSA) is 111 Å². The average molecular weight is 507 g/mol. The number of ketones is 2. The van der Waals surface area contributed by atoms with E-state index in [9.17, 15) is 14.0 Å². The van der Waals surface area contributed by atoms with Gasteiger partial charge in [0.1, 0.15) is 29.6 Å². The van der Waals surface area contributed by atoms with Crippen molar-refractivity contribution in [3.63, 3.8) is 0 Å². The highest BCUT2D eigenvalue weighted by Gasteiger charge is 2.21. The molecular weight excluding hydrogens is 479 g/mol. The first kappa shape index (κ1) is 25.8. The minimum Gasteiger partial charge on any atom is -0.494 e. The zero-order chi connectivity index (χ0) is 26.5. The number of rotatable bonds is 11. The fourth-order valence-corrected chi connectivity index (χ4v) is 4.18. The molecule has 0 aliphatic rings. The Morgan fingerprint density at radius 2 is 1.70 bits per heavy atom. The van der Waals surface area contributed by atoms with Crippen LogP contribution in [0.1, 0.15) is 39.4 Å². The Bertz CT molecular complexity index is 1460. The molecule has 192 valence electrons. The fourth-order valence-electron chi connectivity index (χ4n) is 4.18. The number of H-pyrrole nitrogens is 1. The second-order valence-corrected chi connectivity index (χ2v) is 8.32. The van der Waals surface area contributed by atoms with Gasteiger partial charge >= 0.3 is 0 Å². The maximum Gasteiger partial charge on any atom is 0.181 e. The zero-order valence-electron chi connectivity index (χ0n) is 20.8. The van der Waals surface area contributed by atoms with Crippen molar-refractivity contribution in [3.8, 4) is 28.5 Å². The Balaban J connectivity index is 1.55. The summed E-state index contributed by atoms with van der Waals surface area (Å²) in [5.74, 6) is 0.273. The summed E-state index contributed by atoms with van der Waals surface area (Å²) in [6.45, 7) is 1.75. The zero-order valence-corrected chi connectivity index (χ0v) is 20.8. The van der Waals surface area contributed by atoms with Crippen molar-refractivity contribution in [2.24, 2.45) is 0 Å². The van der Waals surface area contributed by atoms with E-state index in [0.29, 0.717) is 50.7 Å². The molecule has 0 fully saturated rings. The number of aromatic nitrogens is 2. The number of nitrogens with zero attached hydrogens (tertiary/aromatic N) is 1. The minimum absolute atomic E-state index is 0.0286. The van der Waals surface area contributed by atoms with E-state index in [1.54, 1.807) is 49.4 Å². The highest BCUT2D eigenvalue weighted by Crippen LogP contribution is 2.37. The smallest absolute Gasteiger partial charge is 0.181 e. The van der Waals surface area contributed by atoms with Gasteiger partial charge in [-0.15, -0.1) is 0 Å². The molecule has 2 heterocycles. The van der Waals surface area contributed by atoms with Crippen LogP contribution in [0.15, 0.2) is 48.5 Å². The summed E-state index contributed by atoms with van der Waals surface area (Å²) in [6, 6.07) is 12.7. The van der Waals surface area contributed by atoms with Crippen LogP contribution in [0.2, 0.25) is 0 Å². The monoisotopic (exact) mass is 506 g/mol. The third-order valence-electron chi connectivity index (χ3n) is 5.98. The second-order valence-electron chi connectivity index (χ2n) is 8.32. The second kappa shape index (κ2) is 11.2. The summed E-state index contributed by atoms with van der Waals surface area (Å²) in [7, 11) is 2.95. The number of ether oxygens (including phenoxy) is 3. The van der Waals surface area contributed by atoms with E-state index in [2.05, 4.69) is 9.97 Å². The van der Waals surface area contributed by atoms with Gasteiger partial charge in [-0.1, -0.05) is 12.1 Å². The van der Waals surface area contributed by atoms with Gasteiger partial charge < -0.3 is 24.3 Å². The normalized spacial score (nSPS) is 10.9. The molecule has 0 aliphatic heterocycles. The number of para-hydroxylation sites is 1. The van der Waals surface area contributed by atoms with Gasteiger partial charge in [0.2, 0.25) is 0 Å². The molecule has 4 rings (SSSR count). The summed E-state index contributed by atoms with van der Waals surface area (Å²) in [6.07, 6.45) is -0.0800. The lowest BCUT2D eigenvalue weighted by Crippen LogP contribution is -2.08. The van der Waals surface area contributed by atoms with Gasteiger partial charge in [-0.3, -0.25) is 9.59 Å². The van der Waals surface area contributed by atoms with Gasteiger partial charge in [-0.2, -0.15) is 0 Å². The van der Waals surface area contributed by atoms with Gasteiger partial charge in [0.25, 0.3) is 0 Å². The van der Waals surface area contributed by atoms with E-state index in [1.807, 2.05) is 0 Å². The third-order valence-corrected chi connectivity index (χ3v) is 5.98. The lowest BCUT2D eigenvalue weighted by molar-refractivity contribution is 0.0914. The molecule has 37 heavy (non-hydrogen) atoms. The molecule has 0 bridgehead atoms. The number of hydrogen-bond donors (Lipinski definition) is 2. The van der Waals surface area contributed by atoms with Crippen molar-refractivity contribution < 1.29 is 33.3 Å². The lowest BCUT2D eigenvalue weighted by atomic mass is 10.0. The lowest BCUT2D eigenvalue weighted by Gasteiger charge is -2.11. The summed E-state index contributed by atoms with van der Waals surface area (Å²) in [5, 5.41) is 9.57. The number of aromatic amines is 1. The predicted octanol–water partition coefficient (Wildman–Crippen LogP) is 4.91. The highest BCUT2D eigenvalue weighted by atomic mass is 19.1. The number of carbonyl (C=O) groups is 2. The maximum atomic E-state index is 14.3. The van der Waals surface area contributed by atoms with Crippen LogP contribution in [0.3, 0.4) is 0 Å². The van der Waals surface area contributed by atoms with Crippen LogP contribution in [0, 0.1) is 12.7 Å². The van der Waals surface area contributed by atoms with Crippen LogP contribution >= 0.6 is 0 Å². The summed E-state index contributed by atoms with van der Waals surface area (Å²) < 4.78 is 30.5. The Morgan fingerprint density at radius 1 is 0.973 bits per heavy atom. The molecule has 0 radical (unpaired) electrons. The van der Waals surface area contributed by atoms with Gasteiger partial charge in [-0.25, -0.2) is 9.37 Å². The number of aliphatic hydroxyl groups excluding tert-OH is 1. The summed E-state index contributed by atoms with van der Waals surface area (Å²) in [4.78, 5) is 33.4. The van der Waals surface area contributed by atoms with Crippen LogP contribution in [0.25, 0.3) is 22.2 Å². The first-order chi connectivity index (χ1) is 17.9. The van der Waals surface area contributed by atoms with Crippen LogP contribution in [0.4, 0.5) is 4.39 Å². The van der Waals surface area contributed by atoms with E-state index in [4.69, 9.17) is 19.3 Å². The molecule has 2 aromatic carbocycles. The van der Waals surface area contributed by atoms with E-state index < -0.39 is 0 Å². The molecule has 0 spiro atoms. The number of hydrogen-bond acceptors (Lipinski definition) is 7. The number of aliphatic hydroxyl groups is 1. The van der Waals surface area contributed by atoms with Gasteiger partial charge in [0, 0.05) is 35.0 Å².